The van der Waals surface area contributed by atoms with Gasteiger partial charge in [0, 0.05) is 58.8 Å². The van der Waals surface area contributed by atoms with Crippen LogP contribution in [-0.2, 0) is 11.2 Å². The molecule has 2 aromatic heterocycles. The standard InChI is InChI=1S/C33H35N5O2S/c1-4-37(5-2)16-17-38-15-9-12-27-30(33(38)40)21(3)28(34-27)19-25-24-18-23(13-14-26(24)35-31(25)39)29-20-41-32(36-29)22-10-7-6-8-11-22/h6-8,10-11,13-14,18-20,34H,4-5,9,12,15-17H2,1-3H3,(H,35,39). The molecule has 0 saturated carbocycles. The van der Waals surface area contributed by atoms with E-state index in [2.05, 4.69) is 46.6 Å². The minimum Gasteiger partial charge on any atom is -0.358 e. The summed E-state index contributed by atoms with van der Waals surface area (Å²) in [7, 11) is 0. The molecule has 2 aliphatic heterocycles. The first-order valence-corrected chi connectivity index (χ1v) is 15.3. The Hall–Kier alpha value is -4.01. The first-order valence-electron chi connectivity index (χ1n) is 14.4. The lowest BCUT2D eigenvalue weighted by atomic mass is 10.0. The number of anilines is 1. The predicted octanol–water partition coefficient (Wildman–Crippen LogP) is 6.34. The van der Waals surface area contributed by atoms with Crippen molar-refractivity contribution in [3.8, 4) is 21.8 Å². The van der Waals surface area contributed by atoms with Gasteiger partial charge in [-0.3, -0.25) is 9.59 Å². The number of amides is 2. The van der Waals surface area contributed by atoms with Crippen molar-refractivity contribution < 1.29 is 9.59 Å². The van der Waals surface area contributed by atoms with Gasteiger partial charge in [-0.05, 0) is 56.6 Å². The number of aryl methyl sites for hydroxylation is 1. The normalized spacial score (nSPS) is 15.8. The lowest BCUT2D eigenvalue weighted by Crippen LogP contribution is -2.38. The van der Waals surface area contributed by atoms with Gasteiger partial charge in [0.05, 0.1) is 16.8 Å². The smallest absolute Gasteiger partial charge is 0.256 e. The van der Waals surface area contributed by atoms with Crippen LogP contribution < -0.4 is 5.32 Å². The number of fused-ring (bicyclic) bond motifs is 2. The number of nitrogens with zero attached hydrogens (tertiary/aromatic N) is 3. The third-order valence-corrected chi connectivity index (χ3v) is 9.11. The van der Waals surface area contributed by atoms with E-state index in [4.69, 9.17) is 4.98 Å². The van der Waals surface area contributed by atoms with Crippen LogP contribution in [0, 0.1) is 6.92 Å². The number of rotatable bonds is 8. The zero-order valence-corrected chi connectivity index (χ0v) is 24.6. The van der Waals surface area contributed by atoms with Crippen LogP contribution in [0.2, 0.25) is 0 Å². The van der Waals surface area contributed by atoms with Crippen molar-refractivity contribution in [2.75, 3.05) is 38.0 Å². The molecular formula is C33H35N5O2S. The quantitative estimate of drug-likeness (QED) is 0.245. The topological polar surface area (TPSA) is 81.3 Å². The number of hydrogen-bond acceptors (Lipinski definition) is 5. The molecule has 6 rings (SSSR count). The maximum Gasteiger partial charge on any atom is 0.256 e. The van der Waals surface area contributed by atoms with Crippen LogP contribution in [0.1, 0.15) is 53.1 Å². The van der Waals surface area contributed by atoms with Gasteiger partial charge < -0.3 is 20.1 Å². The molecule has 0 saturated heterocycles. The SMILES string of the molecule is CCN(CC)CCN1CCCc2[nH]c(C=C3C(=O)Nc4ccc(-c5csc(-c6ccccc6)n5)cc43)c(C)c2C1=O. The number of benzene rings is 2. The average Bonchev–Trinajstić information content (AvgIpc) is 3.66. The molecule has 2 N–H and O–H groups in total. The number of aromatic amines is 1. The second-order valence-electron chi connectivity index (χ2n) is 10.6. The minimum absolute atomic E-state index is 0.0827. The van der Waals surface area contributed by atoms with Gasteiger partial charge in [-0.25, -0.2) is 4.98 Å². The highest BCUT2D eigenvalue weighted by atomic mass is 32.1. The number of carbonyl (C=O) groups excluding carboxylic acids is 2. The van der Waals surface area contributed by atoms with Gasteiger partial charge in [0.1, 0.15) is 5.01 Å². The zero-order chi connectivity index (χ0) is 28.5. The van der Waals surface area contributed by atoms with Gasteiger partial charge in [0.15, 0.2) is 0 Å². The molecular weight excluding hydrogens is 530 g/mol. The van der Waals surface area contributed by atoms with Crippen molar-refractivity contribution in [3.63, 3.8) is 0 Å². The Labute approximate surface area is 244 Å². The van der Waals surface area contributed by atoms with E-state index in [1.165, 1.54) is 0 Å². The van der Waals surface area contributed by atoms with E-state index in [0.29, 0.717) is 5.57 Å². The monoisotopic (exact) mass is 565 g/mol. The van der Waals surface area contributed by atoms with Crippen LogP contribution in [0.5, 0.6) is 0 Å². The summed E-state index contributed by atoms with van der Waals surface area (Å²) in [6.45, 7) is 10.6. The number of hydrogen-bond donors (Lipinski definition) is 2. The maximum absolute atomic E-state index is 13.6. The summed E-state index contributed by atoms with van der Waals surface area (Å²) in [5.74, 6) is -0.0591. The molecule has 0 aliphatic carbocycles. The van der Waals surface area contributed by atoms with Crippen molar-refractivity contribution in [2.24, 2.45) is 0 Å². The molecule has 8 heteroatoms. The summed E-state index contributed by atoms with van der Waals surface area (Å²) in [6.07, 6.45) is 3.63. The van der Waals surface area contributed by atoms with E-state index in [9.17, 15) is 9.59 Å². The molecule has 7 nitrogen and oxygen atoms in total. The molecule has 2 amide bonds. The summed E-state index contributed by atoms with van der Waals surface area (Å²) in [5.41, 5.74) is 8.59. The van der Waals surface area contributed by atoms with Crippen molar-refractivity contribution in [2.45, 2.75) is 33.6 Å². The molecule has 210 valence electrons. The van der Waals surface area contributed by atoms with Crippen molar-refractivity contribution >= 4 is 40.5 Å². The molecule has 0 atom stereocenters. The van der Waals surface area contributed by atoms with Gasteiger partial charge in [-0.1, -0.05) is 50.2 Å². The van der Waals surface area contributed by atoms with E-state index in [1.807, 2.05) is 54.3 Å². The highest BCUT2D eigenvalue weighted by molar-refractivity contribution is 7.13. The molecule has 4 aromatic rings. The molecule has 0 radical (unpaired) electrons. The van der Waals surface area contributed by atoms with E-state index < -0.39 is 0 Å². The third-order valence-electron chi connectivity index (χ3n) is 8.21. The number of H-pyrrole nitrogens is 1. The molecule has 0 unspecified atom stereocenters. The Bertz CT molecular complexity index is 1630. The Balaban J connectivity index is 1.30. The lowest BCUT2D eigenvalue weighted by molar-refractivity contribution is -0.110. The Morgan fingerprint density at radius 3 is 2.66 bits per heavy atom. The first-order chi connectivity index (χ1) is 20.0. The summed E-state index contributed by atoms with van der Waals surface area (Å²) < 4.78 is 0. The number of nitrogens with one attached hydrogen (secondary N) is 2. The Morgan fingerprint density at radius 1 is 1.07 bits per heavy atom. The second-order valence-corrected chi connectivity index (χ2v) is 11.5. The van der Waals surface area contributed by atoms with Crippen LogP contribution in [0.15, 0.2) is 53.9 Å². The largest absolute Gasteiger partial charge is 0.358 e. The fourth-order valence-corrected chi connectivity index (χ4v) is 6.61. The van der Waals surface area contributed by atoms with Gasteiger partial charge in [0.25, 0.3) is 11.8 Å². The van der Waals surface area contributed by atoms with Gasteiger partial charge in [-0.2, -0.15) is 0 Å². The van der Waals surface area contributed by atoms with Crippen LogP contribution in [0.25, 0.3) is 33.5 Å². The second kappa shape index (κ2) is 11.5. The van der Waals surface area contributed by atoms with E-state index >= 15 is 0 Å². The third kappa shape index (κ3) is 5.25. The number of likely N-dealkylation sites (N-methyl/N-ethyl adjacent to an activating group) is 1. The molecule has 41 heavy (non-hydrogen) atoms. The fourth-order valence-electron chi connectivity index (χ4n) is 5.78. The summed E-state index contributed by atoms with van der Waals surface area (Å²) in [6, 6.07) is 16.1. The van der Waals surface area contributed by atoms with E-state index in [0.717, 1.165) is 101 Å². The Kier molecular flexibility index (Phi) is 7.60. The highest BCUT2D eigenvalue weighted by Crippen LogP contribution is 2.38. The first kappa shape index (κ1) is 27.2. The van der Waals surface area contributed by atoms with E-state index in [1.54, 1.807) is 11.3 Å². The number of aromatic nitrogens is 2. The van der Waals surface area contributed by atoms with Gasteiger partial charge in [-0.15, -0.1) is 11.3 Å². The molecule has 4 heterocycles. The highest BCUT2D eigenvalue weighted by Gasteiger charge is 2.29. The van der Waals surface area contributed by atoms with Crippen LogP contribution in [0.3, 0.4) is 0 Å². The maximum atomic E-state index is 13.6. The minimum atomic E-state index is -0.142. The number of carbonyl (C=O) groups is 2. The van der Waals surface area contributed by atoms with Crippen molar-refractivity contribution in [1.29, 1.82) is 0 Å². The molecule has 0 bridgehead atoms. The zero-order valence-electron chi connectivity index (χ0n) is 23.8. The number of thiazole rings is 1. The van der Waals surface area contributed by atoms with Crippen LogP contribution in [0.4, 0.5) is 5.69 Å². The van der Waals surface area contributed by atoms with E-state index in [-0.39, 0.29) is 11.8 Å². The van der Waals surface area contributed by atoms with Crippen molar-refractivity contribution in [1.82, 2.24) is 19.8 Å². The molecule has 2 aliphatic rings. The predicted molar refractivity (Wildman–Crippen MR) is 167 cm³/mol. The molecule has 2 aromatic carbocycles. The molecule has 0 spiro atoms. The summed E-state index contributed by atoms with van der Waals surface area (Å²) in [4.78, 5) is 39.5. The van der Waals surface area contributed by atoms with Crippen molar-refractivity contribution in [3.05, 3.63) is 82.0 Å². The van der Waals surface area contributed by atoms with Crippen LogP contribution >= 0.6 is 11.3 Å². The lowest BCUT2D eigenvalue weighted by Gasteiger charge is -2.25. The fraction of sp³-hybridized carbons (Fsp3) is 0.303. The van der Waals surface area contributed by atoms with Gasteiger partial charge >= 0.3 is 0 Å². The summed E-state index contributed by atoms with van der Waals surface area (Å²) >= 11 is 1.61. The summed E-state index contributed by atoms with van der Waals surface area (Å²) in [5, 5.41) is 6.02. The average molecular weight is 566 g/mol. The molecule has 0 fully saturated rings. The van der Waals surface area contributed by atoms with Crippen LogP contribution in [-0.4, -0.2) is 64.3 Å². The Morgan fingerprint density at radius 2 is 1.88 bits per heavy atom. The van der Waals surface area contributed by atoms with Gasteiger partial charge in [0.2, 0.25) is 0 Å².